The number of fused-ring (bicyclic) bond motifs is 1. The molecule has 0 nitrogen and oxygen atoms in total. The Morgan fingerprint density at radius 3 is 2.28 bits per heavy atom. The van der Waals surface area contributed by atoms with E-state index in [2.05, 4.69) is 24.3 Å². The molecule has 2 aliphatic carbocycles. The van der Waals surface area contributed by atoms with Gasteiger partial charge in [0.1, 0.15) is 0 Å². The molecule has 1 fully saturated rings. The first-order chi connectivity index (χ1) is 8.95. The topological polar surface area (TPSA) is 0 Å². The fourth-order valence-electron chi connectivity index (χ4n) is 4.17. The zero-order chi connectivity index (χ0) is 12.2. The molecule has 1 aromatic rings. The smallest absolute Gasteiger partial charge is 0.0131 e. The lowest BCUT2D eigenvalue weighted by Gasteiger charge is -2.33. The van der Waals surface area contributed by atoms with Crippen LogP contribution in [0.5, 0.6) is 0 Å². The number of benzene rings is 1. The Morgan fingerprint density at radius 1 is 0.722 bits per heavy atom. The van der Waals surface area contributed by atoms with Crippen LogP contribution in [0.1, 0.15) is 74.8 Å². The molecule has 0 saturated heterocycles. The Kier molecular flexibility index (Phi) is 4.02. The van der Waals surface area contributed by atoms with Gasteiger partial charge in [0.05, 0.1) is 0 Å². The van der Waals surface area contributed by atoms with Crippen LogP contribution in [0.15, 0.2) is 24.3 Å². The van der Waals surface area contributed by atoms with E-state index >= 15 is 0 Å². The molecule has 0 aliphatic heterocycles. The molecule has 1 saturated carbocycles. The summed E-state index contributed by atoms with van der Waals surface area (Å²) < 4.78 is 0. The maximum absolute atomic E-state index is 2.41. The van der Waals surface area contributed by atoms with E-state index in [9.17, 15) is 0 Å². The molecule has 2 aliphatic rings. The zero-order valence-electron chi connectivity index (χ0n) is 11.5. The molecule has 0 radical (unpaired) electrons. The number of hydrogen-bond donors (Lipinski definition) is 0. The molecule has 0 spiro atoms. The Morgan fingerprint density at radius 2 is 1.44 bits per heavy atom. The highest BCUT2D eigenvalue weighted by molar-refractivity contribution is 5.33. The van der Waals surface area contributed by atoms with Gasteiger partial charge in [-0.1, -0.05) is 56.4 Å². The molecule has 0 aromatic heterocycles. The van der Waals surface area contributed by atoms with Crippen molar-refractivity contribution in [3.05, 3.63) is 35.4 Å². The van der Waals surface area contributed by atoms with E-state index in [1.54, 1.807) is 11.1 Å². The summed E-state index contributed by atoms with van der Waals surface area (Å²) in [6.07, 6.45) is 14.5. The van der Waals surface area contributed by atoms with Crippen LogP contribution in [0.25, 0.3) is 0 Å². The second-order valence-corrected chi connectivity index (χ2v) is 6.30. The van der Waals surface area contributed by atoms with Crippen molar-refractivity contribution in [2.24, 2.45) is 5.92 Å². The van der Waals surface area contributed by atoms with Gasteiger partial charge in [-0.25, -0.2) is 0 Å². The van der Waals surface area contributed by atoms with Gasteiger partial charge in [0.2, 0.25) is 0 Å². The van der Waals surface area contributed by atoms with Crippen LogP contribution in [0.2, 0.25) is 0 Å². The third-order valence-corrected chi connectivity index (χ3v) is 5.13. The van der Waals surface area contributed by atoms with Crippen molar-refractivity contribution < 1.29 is 0 Å². The summed E-state index contributed by atoms with van der Waals surface area (Å²) in [5.41, 5.74) is 3.35. The molecule has 0 N–H and O–H groups in total. The standard InChI is InChI=1S/C18H26/c1-2-4-9-15(10-5-3-1)18-14-8-12-16-11-6-7-13-17(16)18/h6-7,11,13,15,18H,1-5,8-10,12,14H2. The minimum Gasteiger partial charge on any atom is -0.0620 e. The van der Waals surface area contributed by atoms with E-state index < -0.39 is 0 Å². The Balaban J connectivity index is 1.79. The first kappa shape index (κ1) is 12.3. The van der Waals surface area contributed by atoms with Gasteiger partial charge >= 0.3 is 0 Å². The first-order valence-corrected chi connectivity index (χ1v) is 8.03. The third kappa shape index (κ3) is 2.63. The summed E-state index contributed by atoms with van der Waals surface area (Å²) in [5, 5.41) is 0. The summed E-state index contributed by atoms with van der Waals surface area (Å²) in [5.74, 6) is 1.86. The fourth-order valence-corrected chi connectivity index (χ4v) is 4.17. The van der Waals surface area contributed by atoms with Gasteiger partial charge in [0, 0.05) is 0 Å². The molecule has 1 aromatic carbocycles. The lowest BCUT2D eigenvalue weighted by Crippen LogP contribution is -2.19. The molecule has 0 heteroatoms. The van der Waals surface area contributed by atoms with Gasteiger partial charge in [-0.3, -0.25) is 0 Å². The number of aryl methyl sites for hydroxylation is 1. The van der Waals surface area contributed by atoms with Crippen LogP contribution < -0.4 is 0 Å². The van der Waals surface area contributed by atoms with E-state index in [4.69, 9.17) is 0 Å². The minimum atomic E-state index is 0.882. The quantitative estimate of drug-likeness (QED) is 0.613. The molecule has 18 heavy (non-hydrogen) atoms. The average molecular weight is 242 g/mol. The lowest BCUT2D eigenvalue weighted by atomic mass is 9.72. The summed E-state index contributed by atoms with van der Waals surface area (Å²) >= 11 is 0. The maximum Gasteiger partial charge on any atom is -0.0131 e. The first-order valence-electron chi connectivity index (χ1n) is 8.03. The molecule has 0 bridgehead atoms. The number of rotatable bonds is 1. The van der Waals surface area contributed by atoms with Gasteiger partial charge in [-0.05, 0) is 55.1 Å². The Hall–Kier alpha value is -0.780. The highest BCUT2D eigenvalue weighted by atomic mass is 14.3. The van der Waals surface area contributed by atoms with E-state index in [-0.39, 0.29) is 0 Å². The Bertz CT molecular complexity index is 371. The fraction of sp³-hybridized carbons (Fsp3) is 0.667. The molecule has 1 unspecified atom stereocenters. The van der Waals surface area contributed by atoms with Crippen LogP contribution in [0, 0.1) is 5.92 Å². The Labute approximate surface area is 112 Å². The molecule has 3 rings (SSSR count). The maximum atomic E-state index is 2.41. The van der Waals surface area contributed by atoms with Crippen LogP contribution in [0.4, 0.5) is 0 Å². The highest BCUT2D eigenvalue weighted by Gasteiger charge is 2.27. The lowest BCUT2D eigenvalue weighted by molar-refractivity contribution is 0.301. The van der Waals surface area contributed by atoms with E-state index in [0.717, 1.165) is 11.8 Å². The average Bonchev–Trinajstić information content (AvgIpc) is 2.38. The normalized spacial score (nSPS) is 26.1. The molecular weight excluding hydrogens is 216 g/mol. The van der Waals surface area contributed by atoms with Gasteiger partial charge in [0.25, 0.3) is 0 Å². The minimum absolute atomic E-state index is 0.882. The van der Waals surface area contributed by atoms with E-state index in [1.165, 1.54) is 64.2 Å². The van der Waals surface area contributed by atoms with Crippen LogP contribution in [-0.2, 0) is 6.42 Å². The van der Waals surface area contributed by atoms with Gasteiger partial charge in [-0.15, -0.1) is 0 Å². The number of hydrogen-bond acceptors (Lipinski definition) is 0. The van der Waals surface area contributed by atoms with Crippen LogP contribution in [0.3, 0.4) is 0 Å². The largest absolute Gasteiger partial charge is 0.0620 e. The van der Waals surface area contributed by atoms with Gasteiger partial charge in [-0.2, -0.15) is 0 Å². The van der Waals surface area contributed by atoms with Crippen molar-refractivity contribution in [3.8, 4) is 0 Å². The van der Waals surface area contributed by atoms with Crippen molar-refractivity contribution in [2.45, 2.75) is 70.1 Å². The van der Waals surface area contributed by atoms with Gasteiger partial charge in [0.15, 0.2) is 0 Å². The van der Waals surface area contributed by atoms with Crippen molar-refractivity contribution in [3.63, 3.8) is 0 Å². The summed E-state index contributed by atoms with van der Waals surface area (Å²) in [6.45, 7) is 0. The van der Waals surface area contributed by atoms with Crippen molar-refractivity contribution in [2.75, 3.05) is 0 Å². The summed E-state index contributed by atoms with van der Waals surface area (Å²) in [6, 6.07) is 9.25. The van der Waals surface area contributed by atoms with Crippen LogP contribution in [-0.4, -0.2) is 0 Å². The SMILES string of the molecule is c1ccc2c(c1)CCCC2C1CCCCCCC1. The van der Waals surface area contributed by atoms with E-state index in [1.807, 2.05) is 0 Å². The third-order valence-electron chi connectivity index (χ3n) is 5.13. The molecular formula is C18H26. The van der Waals surface area contributed by atoms with Crippen molar-refractivity contribution >= 4 is 0 Å². The van der Waals surface area contributed by atoms with Crippen molar-refractivity contribution in [1.29, 1.82) is 0 Å². The molecule has 1 atom stereocenters. The second kappa shape index (κ2) is 5.91. The predicted octanol–water partition coefficient (Wildman–Crippen LogP) is 5.47. The summed E-state index contributed by atoms with van der Waals surface area (Å²) in [4.78, 5) is 0. The highest BCUT2D eigenvalue weighted by Crippen LogP contribution is 2.41. The molecule has 0 heterocycles. The van der Waals surface area contributed by atoms with Crippen molar-refractivity contribution in [1.82, 2.24) is 0 Å². The monoisotopic (exact) mass is 242 g/mol. The molecule has 98 valence electrons. The molecule has 0 amide bonds. The predicted molar refractivity (Wildman–Crippen MR) is 77.9 cm³/mol. The van der Waals surface area contributed by atoms with Gasteiger partial charge < -0.3 is 0 Å². The van der Waals surface area contributed by atoms with Crippen LogP contribution >= 0.6 is 0 Å². The summed E-state index contributed by atoms with van der Waals surface area (Å²) in [7, 11) is 0. The van der Waals surface area contributed by atoms with E-state index in [0.29, 0.717) is 0 Å². The second-order valence-electron chi connectivity index (χ2n) is 6.30. The zero-order valence-corrected chi connectivity index (χ0v) is 11.5.